The SMILES string of the molecule is CN1C[C@@H](OC(=O)N2CCCCCC2)C[C@H](C(=O)NO)[C@H]1C(=O)C1CC(c2ccccc2)=CCN1. The summed E-state index contributed by atoms with van der Waals surface area (Å²) < 4.78 is 5.78. The minimum absolute atomic E-state index is 0.0973. The summed E-state index contributed by atoms with van der Waals surface area (Å²) >= 11 is 0. The van der Waals surface area contributed by atoms with Crippen LogP contribution in [-0.4, -0.2) is 84.2 Å². The molecule has 2 saturated heterocycles. The predicted octanol–water partition coefficient (Wildman–Crippen LogP) is 2.21. The van der Waals surface area contributed by atoms with Gasteiger partial charge in [0.05, 0.1) is 18.0 Å². The Morgan fingerprint density at radius 3 is 2.49 bits per heavy atom. The highest BCUT2D eigenvalue weighted by atomic mass is 16.6. The molecular weight excluding hydrogens is 448 g/mol. The molecule has 3 N–H and O–H groups in total. The second-order valence-corrected chi connectivity index (χ2v) is 9.77. The van der Waals surface area contributed by atoms with Crippen molar-refractivity contribution in [1.82, 2.24) is 20.6 Å². The van der Waals surface area contributed by atoms with E-state index in [9.17, 15) is 19.6 Å². The molecule has 3 heterocycles. The van der Waals surface area contributed by atoms with Crippen molar-refractivity contribution in [2.45, 2.75) is 56.7 Å². The van der Waals surface area contributed by atoms with E-state index >= 15 is 0 Å². The molecule has 0 aliphatic carbocycles. The lowest BCUT2D eigenvalue weighted by molar-refractivity contribution is -0.146. The number of benzene rings is 1. The predicted molar refractivity (Wildman–Crippen MR) is 131 cm³/mol. The van der Waals surface area contributed by atoms with E-state index in [4.69, 9.17) is 4.74 Å². The highest BCUT2D eigenvalue weighted by Gasteiger charge is 2.46. The molecule has 0 bridgehead atoms. The van der Waals surface area contributed by atoms with E-state index in [0.717, 1.165) is 36.8 Å². The molecule has 4 atom stereocenters. The molecule has 3 aliphatic heterocycles. The number of carbonyl (C=O) groups is 3. The van der Waals surface area contributed by atoms with Crippen molar-refractivity contribution >= 4 is 23.4 Å². The first-order chi connectivity index (χ1) is 17.0. The first kappa shape index (κ1) is 25.3. The van der Waals surface area contributed by atoms with Crippen molar-refractivity contribution in [2.75, 3.05) is 33.2 Å². The Kier molecular flexibility index (Phi) is 8.54. The van der Waals surface area contributed by atoms with Gasteiger partial charge in [-0.25, -0.2) is 10.3 Å². The summed E-state index contributed by atoms with van der Waals surface area (Å²) in [4.78, 5) is 42.6. The van der Waals surface area contributed by atoms with Crippen molar-refractivity contribution in [3.8, 4) is 0 Å². The molecule has 9 heteroatoms. The zero-order valence-electron chi connectivity index (χ0n) is 20.3. The summed E-state index contributed by atoms with van der Waals surface area (Å²) in [5, 5.41) is 12.7. The van der Waals surface area contributed by atoms with Gasteiger partial charge < -0.3 is 15.0 Å². The fraction of sp³-hybridized carbons (Fsp3) is 0.577. The first-order valence-corrected chi connectivity index (χ1v) is 12.6. The summed E-state index contributed by atoms with van der Waals surface area (Å²) in [7, 11) is 1.77. The second-order valence-electron chi connectivity index (χ2n) is 9.77. The van der Waals surface area contributed by atoms with Crippen LogP contribution in [0, 0.1) is 5.92 Å². The minimum Gasteiger partial charge on any atom is -0.445 e. The average Bonchev–Trinajstić information content (AvgIpc) is 3.18. The number of likely N-dealkylation sites (tertiary alicyclic amines) is 2. The molecule has 2 amide bonds. The van der Waals surface area contributed by atoms with Crippen molar-refractivity contribution in [2.24, 2.45) is 5.92 Å². The van der Waals surface area contributed by atoms with Gasteiger partial charge in [-0.2, -0.15) is 0 Å². The summed E-state index contributed by atoms with van der Waals surface area (Å²) in [5.41, 5.74) is 3.89. The van der Waals surface area contributed by atoms with Crippen LogP contribution in [-0.2, 0) is 14.3 Å². The standard InChI is InChI=1S/C26H36N4O5/c1-29-17-20(35-26(33)30-13-7-2-3-8-14-30)16-21(25(32)28-34)23(29)24(31)22-15-19(11-12-27-22)18-9-5-4-6-10-18/h4-6,9-11,20-23,27,34H,2-3,7-8,12-17H2,1H3,(H,28,32)/t20-,21-,22?,23-/m0/s1. The Balaban J connectivity index is 1.44. The van der Waals surface area contributed by atoms with E-state index in [2.05, 4.69) is 11.4 Å². The molecule has 35 heavy (non-hydrogen) atoms. The van der Waals surface area contributed by atoms with Gasteiger partial charge in [0.1, 0.15) is 6.10 Å². The number of hydrogen-bond donors (Lipinski definition) is 3. The first-order valence-electron chi connectivity index (χ1n) is 12.6. The number of amides is 2. The number of ketones is 1. The molecule has 0 aromatic heterocycles. The monoisotopic (exact) mass is 484 g/mol. The van der Waals surface area contributed by atoms with E-state index in [1.807, 2.05) is 30.3 Å². The van der Waals surface area contributed by atoms with Crippen LogP contribution in [0.1, 0.15) is 44.1 Å². The quantitative estimate of drug-likeness (QED) is 0.434. The molecule has 3 aliphatic rings. The summed E-state index contributed by atoms with van der Waals surface area (Å²) in [6.45, 7) is 2.25. The number of hydroxylamine groups is 1. The van der Waals surface area contributed by atoms with E-state index in [1.54, 1.807) is 22.3 Å². The summed E-state index contributed by atoms with van der Waals surface area (Å²) in [6.07, 6.45) is 6.00. The van der Waals surface area contributed by atoms with Gasteiger partial charge in [0.15, 0.2) is 5.78 Å². The molecule has 0 saturated carbocycles. The molecule has 190 valence electrons. The lowest BCUT2D eigenvalue weighted by Crippen LogP contribution is -2.61. The maximum atomic E-state index is 13.7. The Morgan fingerprint density at radius 2 is 1.80 bits per heavy atom. The smallest absolute Gasteiger partial charge is 0.410 e. The Morgan fingerprint density at radius 1 is 1.09 bits per heavy atom. The van der Waals surface area contributed by atoms with E-state index in [1.165, 1.54) is 0 Å². The molecule has 1 aromatic rings. The van der Waals surface area contributed by atoms with Gasteiger partial charge in [0.2, 0.25) is 5.91 Å². The Bertz CT molecular complexity index is 929. The zero-order chi connectivity index (χ0) is 24.8. The fourth-order valence-electron chi connectivity index (χ4n) is 5.53. The summed E-state index contributed by atoms with van der Waals surface area (Å²) in [5.74, 6) is -1.57. The van der Waals surface area contributed by atoms with Gasteiger partial charge in [0, 0.05) is 26.2 Å². The van der Waals surface area contributed by atoms with Gasteiger partial charge in [-0.1, -0.05) is 49.2 Å². The molecule has 2 fully saturated rings. The van der Waals surface area contributed by atoms with Crippen LogP contribution >= 0.6 is 0 Å². The van der Waals surface area contributed by atoms with E-state index in [0.29, 0.717) is 32.6 Å². The number of nitrogens with zero attached hydrogens (tertiary/aromatic N) is 2. The maximum Gasteiger partial charge on any atom is 0.410 e. The maximum absolute atomic E-state index is 13.7. The molecule has 0 radical (unpaired) electrons. The minimum atomic E-state index is -0.832. The van der Waals surface area contributed by atoms with Crippen LogP contribution in [0.25, 0.3) is 5.57 Å². The largest absolute Gasteiger partial charge is 0.445 e. The van der Waals surface area contributed by atoms with Gasteiger partial charge in [-0.15, -0.1) is 0 Å². The molecule has 9 nitrogen and oxygen atoms in total. The highest BCUT2D eigenvalue weighted by molar-refractivity contribution is 5.96. The van der Waals surface area contributed by atoms with Crippen molar-refractivity contribution < 1.29 is 24.3 Å². The van der Waals surface area contributed by atoms with Gasteiger partial charge >= 0.3 is 6.09 Å². The molecule has 1 unspecified atom stereocenters. The zero-order valence-corrected chi connectivity index (χ0v) is 20.3. The van der Waals surface area contributed by atoms with Gasteiger partial charge in [-0.05, 0) is 43.9 Å². The number of rotatable bonds is 5. The molecule has 4 rings (SSSR count). The molecule has 0 spiro atoms. The number of piperidine rings is 1. The van der Waals surface area contributed by atoms with E-state index < -0.39 is 30.0 Å². The number of hydrogen-bond acceptors (Lipinski definition) is 7. The van der Waals surface area contributed by atoms with Crippen LogP contribution in [0.2, 0.25) is 0 Å². The number of likely N-dealkylation sites (N-methyl/N-ethyl adjacent to an activating group) is 1. The summed E-state index contributed by atoms with van der Waals surface area (Å²) in [6, 6.07) is 8.76. The van der Waals surface area contributed by atoms with Crippen molar-refractivity contribution in [3.05, 3.63) is 42.0 Å². The van der Waals surface area contributed by atoms with Crippen LogP contribution in [0.3, 0.4) is 0 Å². The number of carbonyl (C=O) groups excluding carboxylic acids is 3. The molecular formula is C26H36N4O5. The third kappa shape index (κ3) is 6.09. The molecule has 1 aromatic carbocycles. The second kappa shape index (κ2) is 11.8. The average molecular weight is 485 g/mol. The van der Waals surface area contributed by atoms with Crippen LogP contribution in [0.5, 0.6) is 0 Å². The van der Waals surface area contributed by atoms with Crippen LogP contribution in [0.15, 0.2) is 36.4 Å². The van der Waals surface area contributed by atoms with Gasteiger partial charge in [-0.3, -0.25) is 19.7 Å². The topological polar surface area (TPSA) is 111 Å². The highest BCUT2D eigenvalue weighted by Crippen LogP contribution is 2.30. The van der Waals surface area contributed by atoms with Crippen LogP contribution < -0.4 is 10.8 Å². The Hall–Kier alpha value is -2.75. The van der Waals surface area contributed by atoms with E-state index in [-0.39, 0.29) is 18.3 Å². The van der Waals surface area contributed by atoms with Gasteiger partial charge in [0.25, 0.3) is 0 Å². The third-order valence-electron chi connectivity index (χ3n) is 7.36. The lowest BCUT2D eigenvalue weighted by atomic mass is 9.81. The number of nitrogens with one attached hydrogen (secondary N) is 2. The number of Topliss-reactive ketones (excluding diaryl/α,β-unsaturated/α-hetero) is 1. The normalized spacial score (nSPS) is 27.9. The van der Waals surface area contributed by atoms with Crippen molar-refractivity contribution in [3.63, 3.8) is 0 Å². The number of ether oxygens (including phenoxy) is 1. The van der Waals surface area contributed by atoms with Crippen molar-refractivity contribution in [1.29, 1.82) is 0 Å². The fourth-order valence-corrected chi connectivity index (χ4v) is 5.53. The lowest BCUT2D eigenvalue weighted by Gasteiger charge is -2.42. The Labute approximate surface area is 206 Å². The third-order valence-corrected chi connectivity index (χ3v) is 7.36. The van der Waals surface area contributed by atoms with Crippen LogP contribution in [0.4, 0.5) is 4.79 Å².